The van der Waals surface area contributed by atoms with Crippen LogP contribution in [0.2, 0.25) is 5.02 Å². The number of benzene rings is 2. The first-order valence-corrected chi connectivity index (χ1v) is 9.73. The molecule has 0 unspecified atom stereocenters. The average Bonchev–Trinajstić information content (AvgIpc) is 3.14. The summed E-state index contributed by atoms with van der Waals surface area (Å²) < 4.78 is 43.7. The number of carbonyl (C=O) groups excluding carboxylic acids is 3. The third-order valence-corrected chi connectivity index (χ3v) is 5.02. The van der Waals surface area contributed by atoms with E-state index in [1.165, 1.54) is 19.1 Å². The number of hydrogen-bond acceptors (Lipinski definition) is 4. The molecule has 0 saturated carbocycles. The third-order valence-electron chi connectivity index (χ3n) is 4.69. The monoisotopic (exact) mass is 454 g/mol. The Balaban J connectivity index is 1.63. The molecule has 6 nitrogen and oxygen atoms in total. The van der Waals surface area contributed by atoms with E-state index in [1.54, 1.807) is 17.0 Å². The van der Waals surface area contributed by atoms with Crippen molar-refractivity contribution in [3.05, 3.63) is 58.6 Å². The average molecular weight is 455 g/mol. The van der Waals surface area contributed by atoms with Gasteiger partial charge in [-0.15, -0.1) is 0 Å². The van der Waals surface area contributed by atoms with Gasteiger partial charge in [-0.2, -0.15) is 13.2 Å². The minimum atomic E-state index is -4.60. The highest BCUT2D eigenvalue weighted by Gasteiger charge is 2.31. The van der Waals surface area contributed by atoms with Crippen molar-refractivity contribution >= 4 is 40.8 Å². The summed E-state index contributed by atoms with van der Waals surface area (Å²) in [6, 6.07) is 8.66. The molecule has 0 aromatic heterocycles. The highest BCUT2D eigenvalue weighted by molar-refractivity contribution is 6.33. The second-order valence-corrected chi connectivity index (χ2v) is 7.33. The van der Waals surface area contributed by atoms with Gasteiger partial charge in [0.2, 0.25) is 5.91 Å². The lowest BCUT2D eigenvalue weighted by Gasteiger charge is -2.17. The molecule has 1 heterocycles. The summed E-state index contributed by atoms with van der Waals surface area (Å²) in [6.07, 6.45) is -4.65. The van der Waals surface area contributed by atoms with Gasteiger partial charge in [-0.1, -0.05) is 11.6 Å². The van der Waals surface area contributed by atoms with Gasteiger partial charge in [-0.25, -0.2) is 4.79 Å². The Morgan fingerprint density at radius 1 is 1.16 bits per heavy atom. The Kier molecular flexibility index (Phi) is 6.54. The van der Waals surface area contributed by atoms with Crippen molar-refractivity contribution in [3.63, 3.8) is 0 Å². The van der Waals surface area contributed by atoms with Crippen LogP contribution >= 0.6 is 11.6 Å². The summed E-state index contributed by atoms with van der Waals surface area (Å²) in [5.41, 5.74) is -0.409. The van der Waals surface area contributed by atoms with E-state index in [4.69, 9.17) is 16.3 Å². The van der Waals surface area contributed by atoms with Crippen LogP contribution < -0.4 is 10.2 Å². The Bertz CT molecular complexity index is 1010. The quantitative estimate of drug-likeness (QED) is 0.666. The molecule has 0 radical (unpaired) electrons. The van der Waals surface area contributed by atoms with E-state index >= 15 is 0 Å². The summed E-state index contributed by atoms with van der Waals surface area (Å²) in [5, 5.41) is 2.15. The summed E-state index contributed by atoms with van der Waals surface area (Å²) in [7, 11) is 0. The minimum absolute atomic E-state index is 0.00822. The fraction of sp³-hybridized carbons (Fsp3) is 0.286. The van der Waals surface area contributed by atoms with Gasteiger partial charge in [0.05, 0.1) is 21.8 Å². The molecule has 1 fully saturated rings. The van der Waals surface area contributed by atoms with Gasteiger partial charge in [-0.05, 0) is 55.8 Å². The first-order chi connectivity index (χ1) is 14.6. The van der Waals surface area contributed by atoms with Crippen LogP contribution in [0.3, 0.4) is 0 Å². The summed E-state index contributed by atoms with van der Waals surface area (Å²) in [5.74, 6) is -1.63. The number of nitrogens with zero attached hydrogens (tertiary/aromatic N) is 1. The highest BCUT2D eigenvalue weighted by atomic mass is 35.5. The highest BCUT2D eigenvalue weighted by Crippen LogP contribution is 2.34. The van der Waals surface area contributed by atoms with Crippen molar-refractivity contribution in [2.75, 3.05) is 16.8 Å². The number of alkyl halides is 3. The number of rotatable bonds is 5. The molecule has 0 spiro atoms. The SMILES string of the molecule is C[C@@H](OC(=O)c1ccc(N2CCCC2=O)cc1)C(=O)Nc1cc(C(F)(F)F)ccc1Cl. The fourth-order valence-electron chi connectivity index (χ4n) is 3.01. The Morgan fingerprint density at radius 3 is 2.42 bits per heavy atom. The normalized spacial score (nSPS) is 15.0. The van der Waals surface area contributed by atoms with Crippen molar-refractivity contribution in [2.24, 2.45) is 0 Å². The largest absolute Gasteiger partial charge is 0.449 e. The lowest BCUT2D eigenvalue weighted by molar-refractivity contribution is -0.137. The van der Waals surface area contributed by atoms with E-state index in [2.05, 4.69) is 5.32 Å². The molecule has 31 heavy (non-hydrogen) atoms. The number of amides is 2. The molecule has 2 aromatic carbocycles. The van der Waals surface area contributed by atoms with Crippen LogP contribution in [0.5, 0.6) is 0 Å². The lowest BCUT2D eigenvalue weighted by Crippen LogP contribution is -2.30. The number of ether oxygens (including phenoxy) is 1. The number of halogens is 4. The van der Waals surface area contributed by atoms with Crippen molar-refractivity contribution in [2.45, 2.75) is 32.0 Å². The van der Waals surface area contributed by atoms with Gasteiger partial charge in [-0.3, -0.25) is 9.59 Å². The van der Waals surface area contributed by atoms with Gasteiger partial charge in [0.25, 0.3) is 5.91 Å². The van der Waals surface area contributed by atoms with E-state index in [-0.39, 0.29) is 22.2 Å². The molecule has 0 aliphatic carbocycles. The molecule has 10 heteroatoms. The first-order valence-electron chi connectivity index (χ1n) is 9.35. The van der Waals surface area contributed by atoms with Crippen molar-refractivity contribution in [3.8, 4) is 0 Å². The Labute approximate surface area is 180 Å². The molecule has 0 bridgehead atoms. The maximum atomic E-state index is 12.9. The van der Waals surface area contributed by atoms with Gasteiger partial charge >= 0.3 is 12.1 Å². The van der Waals surface area contributed by atoms with Crippen LogP contribution in [0.4, 0.5) is 24.5 Å². The third kappa shape index (κ3) is 5.35. The minimum Gasteiger partial charge on any atom is -0.449 e. The fourth-order valence-corrected chi connectivity index (χ4v) is 3.18. The first kappa shape index (κ1) is 22.6. The van der Waals surface area contributed by atoms with Crippen LogP contribution in [-0.2, 0) is 20.5 Å². The number of nitrogens with one attached hydrogen (secondary N) is 1. The zero-order chi connectivity index (χ0) is 22.8. The maximum absolute atomic E-state index is 12.9. The molecule has 1 saturated heterocycles. The number of esters is 1. The molecule has 1 N–H and O–H groups in total. The molecule has 3 rings (SSSR count). The van der Waals surface area contributed by atoms with E-state index in [9.17, 15) is 27.6 Å². The van der Waals surface area contributed by atoms with E-state index in [0.29, 0.717) is 24.7 Å². The number of carbonyl (C=O) groups is 3. The summed E-state index contributed by atoms with van der Waals surface area (Å²) >= 11 is 5.86. The van der Waals surface area contributed by atoms with E-state index in [0.717, 1.165) is 18.6 Å². The molecule has 1 aliphatic rings. The maximum Gasteiger partial charge on any atom is 0.416 e. The van der Waals surface area contributed by atoms with Crippen LogP contribution in [0.1, 0.15) is 35.7 Å². The second-order valence-electron chi connectivity index (χ2n) is 6.92. The summed E-state index contributed by atoms with van der Waals surface area (Å²) in [4.78, 5) is 38.0. The summed E-state index contributed by atoms with van der Waals surface area (Å²) in [6.45, 7) is 1.89. The van der Waals surface area contributed by atoms with Crippen molar-refractivity contribution in [1.82, 2.24) is 0 Å². The molecule has 1 aliphatic heterocycles. The predicted molar refractivity (Wildman–Crippen MR) is 108 cm³/mol. The standard InChI is InChI=1S/C21H18ClF3N2O4/c1-12(19(29)26-17-11-14(21(23,24)25)6-9-16(17)22)31-20(30)13-4-7-15(8-5-13)27-10-2-3-18(27)28/h4-9,11-12H,2-3,10H2,1H3,(H,26,29)/t12-/m1/s1. The van der Waals surface area contributed by atoms with Crippen molar-refractivity contribution < 1.29 is 32.3 Å². The van der Waals surface area contributed by atoms with Crippen LogP contribution in [-0.4, -0.2) is 30.4 Å². The van der Waals surface area contributed by atoms with Crippen LogP contribution in [0.25, 0.3) is 0 Å². The van der Waals surface area contributed by atoms with Gasteiger partial charge < -0.3 is 15.0 Å². The molecular formula is C21H18ClF3N2O4. The molecule has 2 amide bonds. The van der Waals surface area contributed by atoms with Crippen LogP contribution in [0.15, 0.2) is 42.5 Å². The number of hydrogen-bond donors (Lipinski definition) is 1. The Hall–Kier alpha value is -3.07. The number of anilines is 2. The van der Waals surface area contributed by atoms with Crippen molar-refractivity contribution in [1.29, 1.82) is 0 Å². The predicted octanol–water partition coefficient (Wildman–Crippen LogP) is 4.67. The second kappa shape index (κ2) is 8.97. The molecule has 164 valence electrons. The van der Waals surface area contributed by atoms with E-state index in [1.807, 2.05) is 0 Å². The Morgan fingerprint density at radius 2 is 1.84 bits per heavy atom. The smallest absolute Gasteiger partial charge is 0.416 e. The van der Waals surface area contributed by atoms with Gasteiger partial charge in [0, 0.05) is 18.7 Å². The molecular weight excluding hydrogens is 437 g/mol. The molecule has 1 atom stereocenters. The zero-order valence-corrected chi connectivity index (χ0v) is 17.1. The zero-order valence-electron chi connectivity index (χ0n) is 16.3. The topological polar surface area (TPSA) is 75.7 Å². The van der Waals surface area contributed by atoms with Gasteiger partial charge in [0.1, 0.15) is 0 Å². The van der Waals surface area contributed by atoms with Gasteiger partial charge in [0.15, 0.2) is 6.10 Å². The lowest BCUT2D eigenvalue weighted by atomic mass is 10.2. The van der Waals surface area contributed by atoms with Crippen LogP contribution in [0, 0.1) is 0 Å². The molecule has 2 aromatic rings. The van der Waals surface area contributed by atoms with E-state index < -0.39 is 29.7 Å².